The van der Waals surface area contributed by atoms with Crippen molar-refractivity contribution in [1.29, 1.82) is 0 Å². The molecule has 0 bridgehead atoms. The van der Waals surface area contributed by atoms with Crippen LogP contribution < -0.4 is 5.32 Å². The summed E-state index contributed by atoms with van der Waals surface area (Å²) in [5.41, 5.74) is 4.53. The average molecular weight is 429 g/mol. The summed E-state index contributed by atoms with van der Waals surface area (Å²) < 4.78 is 15.1. The van der Waals surface area contributed by atoms with Gasteiger partial charge in [-0.2, -0.15) is 5.10 Å². The van der Waals surface area contributed by atoms with Gasteiger partial charge in [0, 0.05) is 28.9 Å². The highest BCUT2D eigenvalue weighted by atomic mass is 35.5. The Morgan fingerprint density at radius 2 is 2.07 bits per heavy atom. The number of hydrogen-bond donors (Lipinski definition) is 1. The average Bonchev–Trinajstić information content (AvgIpc) is 3.12. The SMILES string of the molecule is Cc1nc2c(C(=O)NC3CCCCC3C)cnn2c(C)c1Cc1ccc(F)cc1Cl. The second kappa shape index (κ2) is 8.34. The number of halogens is 2. The molecule has 1 amide bonds. The van der Waals surface area contributed by atoms with Gasteiger partial charge >= 0.3 is 0 Å². The Bertz CT molecular complexity index is 1110. The maximum absolute atomic E-state index is 13.4. The third kappa shape index (κ3) is 3.93. The summed E-state index contributed by atoms with van der Waals surface area (Å²) >= 11 is 6.22. The molecule has 1 saturated carbocycles. The van der Waals surface area contributed by atoms with Gasteiger partial charge in [-0.1, -0.05) is 37.4 Å². The first-order chi connectivity index (χ1) is 14.3. The summed E-state index contributed by atoms with van der Waals surface area (Å²) in [5, 5.41) is 8.00. The summed E-state index contributed by atoms with van der Waals surface area (Å²) in [5.74, 6) is -0.00167. The minimum Gasteiger partial charge on any atom is -0.349 e. The van der Waals surface area contributed by atoms with Crippen LogP contribution in [0.15, 0.2) is 24.4 Å². The molecule has 0 aliphatic heterocycles. The Labute approximate surface area is 180 Å². The molecule has 1 N–H and O–H groups in total. The highest BCUT2D eigenvalue weighted by Gasteiger charge is 2.25. The van der Waals surface area contributed by atoms with Crippen molar-refractivity contribution in [2.75, 3.05) is 0 Å². The Morgan fingerprint density at radius 3 is 2.80 bits per heavy atom. The Kier molecular flexibility index (Phi) is 5.78. The molecule has 2 atom stereocenters. The molecular formula is C23H26ClFN4O. The molecule has 158 valence electrons. The van der Waals surface area contributed by atoms with Crippen LogP contribution in [0.1, 0.15) is 65.5 Å². The van der Waals surface area contributed by atoms with E-state index in [1.807, 2.05) is 13.8 Å². The maximum Gasteiger partial charge on any atom is 0.256 e. The van der Waals surface area contributed by atoms with E-state index in [1.165, 1.54) is 18.6 Å². The molecule has 4 rings (SSSR count). The van der Waals surface area contributed by atoms with Gasteiger partial charge in [0.25, 0.3) is 5.91 Å². The van der Waals surface area contributed by atoms with Gasteiger partial charge in [0.05, 0.1) is 6.20 Å². The Hall–Kier alpha value is -2.47. The lowest BCUT2D eigenvalue weighted by Gasteiger charge is -2.29. The predicted octanol–water partition coefficient (Wildman–Crippen LogP) is 5.04. The summed E-state index contributed by atoms with van der Waals surface area (Å²) in [6.07, 6.45) is 6.64. The van der Waals surface area contributed by atoms with Crippen LogP contribution in [0.5, 0.6) is 0 Å². The van der Waals surface area contributed by atoms with E-state index in [0.29, 0.717) is 28.6 Å². The summed E-state index contributed by atoms with van der Waals surface area (Å²) in [6.45, 7) is 6.06. The van der Waals surface area contributed by atoms with Gasteiger partial charge in [0.2, 0.25) is 0 Å². The summed E-state index contributed by atoms with van der Waals surface area (Å²) in [4.78, 5) is 17.6. The largest absolute Gasteiger partial charge is 0.349 e. The third-order valence-electron chi connectivity index (χ3n) is 6.26. The van der Waals surface area contributed by atoms with Gasteiger partial charge in [0.1, 0.15) is 11.4 Å². The molecule has 1 aliphatic rings. The normalized spacial score (nSPS) is 19.2. The maximum atomic E-state index is 13.4. The van der Waals surface area contributed by atoms with Gasteiger partial charge in [-0.25, -0.2) is 13.9 Å². The van der Waals surface area contributed by atoms with E-state index >= 15 is 0 Å². The number of aromatic nitrogens is 3. The highest BCUT2D eigenvalue weighted by molar-refractivity contribution is 6.31. The number of aryl methyl sites for hydroxylation is 2. The lowest BCUT2D eigenvalue weighted by Crippen LogP contribution is -2.41. The first-order valence-electron chi connectivity index (χ1n) is 10.4. The van der Waals surface area contributed by atoms with E-state index in [2.05, 4.69) is 17.3 Å². The van der Waals surface area contributed by atoms with E-state index in [9.17, 15) is 9.18 Å². The van der Waals surface area contributed by atoms with Crippen molar-refractivity contribution in [1.82, 2.24) is 19.9 Å². The minimum atomic E-state index is -0.360. The Morgan fingerprint density at radius 1 is 1.30 bits per heavy atom. The van der Waals surface area contributed by atoms with E-state index in [4.69, 9.17) is 16.6 Å². The number of carbonyl (C=O) groups is 1. The van der Waals surface area contributed by atoms with Gasteiger partial charge in [-0.3, -0.25) is 4.79 Å². The number of nitrogens with one attached hydrogen (secondary N) is 1. The topological polar surface area (TPSA) is 59.3 Å². The zero-order valence-electron chi connectivity index (χ0n) is 17.5. The molecule has 2 unspecified atom stereocenters. The van der Waals surface area contributed by atoms with Crippen LogP contribution in [0, 0.1) is 25.6 Å². The molecule has 1 aromatic carbocycles. The summed E-state index contributed by atoms with van der Waals surface area (Å²) in [7, 11) is 0. The Balaban J connectivity index is 1.65. The van der Waals surface area contributed by atoms with Crippen molar-refractivity contribution >= 4 is 23.2 Å². The fourth-order valence-corrected chi connectivity index (χ4v) is 4.59. The molecule has 2 heterocycles. The number of hydrogen-bond acceptors (Lipinski definition) is 3. The number of carbonyl (C=O) groups excluding carboxylic acids is 1. The fourth-order valence-electron chi connectivity index (χ4n) is 4.36. The van der Waals surface area contributed by atoms with Crippen molar-refractivity contribution in [3.63, 3.8) is 0 Å². The van der Waals surface area contributed by atoms with E-state index < -0.39 is 0 Å². The van der Waals surface area contributed by atoms with Crippen LogP contribution in [0.4, 0.5) is 4.39 Å². The van der Waals surface area contributed by atoms with Crippen molar-refractivity contribution in [3.05, 3.63) is 63.3 Å². The van der Waals surface area contributed by atoms with Crippen LogP contribution in [-0.2, 0) is 6.42 Å². The van der Waals surface area contributed by atoms with Crippen LogP contribution >= 0.6 is 11.6 Å². The zero-order valence-corrected chi connectivity index (χ0v) is 18.3. The van der Waals surface area contributed by atoms with Crippen molar-refractivity contribution in [2.24, 2.45) is 5.92 Å². The zero-order chi connectivity index (χ0) is 21.4. The second-order valence-electron chi connectivity index (χ2n) is 8.31. The number of benzene rings is 1. The van der Waals surface area contributed by atoms with Gasteiger partial charge < -0.3 is 5.32 Å². The minimum absolute atomic E-state index is 0.121. The highest BCUT2D eigenvalue weighted by Crippen LogP contribution is 2.26. The quantitative estimate of drug-likeness (QED) is 0.633. The lowest BCUT2D eigenvalue weighted by atomic mass is 9.86. The molecule has 30 heavy (non-hydrogen) atoms. The molecule has 7 heteroatoms. The lowest BCUT2D eigenvalue weighted by molar-refractivity contribution is 0.0911. The van der Waals surface area contributed by atoms with E-state index in [0.717, 1.165) is 41.8 Å². The van der Waals surface area contributed by atoms with Crippen molar-refractivity contribution in [3.8, 4) is 0 Å². The van der Waals surface area contributed by atoms with Crippen molar-refractivity contribution < 1.29 is 9.18 Å². The third-order valence-corrected chi connectivity index (χ3v) is 6.62. The number of amides is 1. The molecular weight excluding hydrogens is 403 g/mol. The number of fused-ring (bicyclic) bond motifs is 1. The summed E-state index contributed by atoms with van der Waals surface area (Å²) in [6, 6.07) is 4.60. The fraction of sp³-hybridized carbons (Fsp3) is 0.435. The molecule has 0 spiro atoms. The van der Waals surface area contributed by atoms with E-state index in [-0.39, 0.29) is 17.8 Å². The molecule has 1 aliphatic carbocycles. The smallest absolute Gasteiger partial charge is 0.256 e. The van der Waals surface area contributed by atoms with Crippen LogP contribution in [0.25, 0.3) is 5.65 Å². The van der Waals surface area contributed by atoms with Crippen LogP contribution in [-0.4, -0.2) is 26.5 Å². The standard InChI is InChI=1S/C23H26ClFN4O/c1-13-6-4-5-7-21(13)28-23(30)19-12-26-29-15(3)18(14(2)27-22(19)29)10-16-8-9-17(25)11-20(16)24/h8-9,11-13,21H,4-7,10H2,1-3H3,(H,28,30). The number of nitrogens with zero attached hydrogens (tertiary/aromatic N) is 3. The van der Waals surface area contributed by atoms with Gasteiger partial charge in [-0.05, 0) is 55.9 Å². The van der Waals surface area contributed by atoms with Gasteiger partial charge in [-0.15, -0.1) is 0 Å². The first kappa shape index (κ1) is 20.8. The molecule has 0 radical (unpaired) electrons. The van der Waals surface area contributed by atoms with E-state index in [1.54, 1.807) is 16.8 Å². The first-order valence-corrected chi connectivity index (χ1v) is 10.8. The van der Waals surface area contributed by atoms with Crippen LogP contribution in [0.2, 0.25) is 5.02 Å². The monoisotopic (exact) mass is 428 g/mol. The molecule has 5 nitrogen and oxygen atoms in total. The molecule has 2 aromatic heterocycles. The second-order valence-corrected chi connectivity index (χ2v) is 8.72. The predicted molar refractivity (Wildman–Crippen MR) is 116 cm³/mol. The van der Waals surface area contributed by atoms with Crippen LogP contribution in [0.3, 0.4) is 0 Å². The molecule has 1 fully saturated rings. The van der Waals surface area contributed by atoms with Crippen molar-refractivity contribution in [2.45, 2.75) is 58.9 Å². The molecule has 0 saturated heterocycles. The molecule has 3 aromatic rings. The number of rotatable bonds is 4. The van der Waals surface area contributed by atoms with Gasteiger partial charge in [0.15, 0.2) is 5.65 Å².